The third-order valence-corrected chi connectivity index (χ3v) is 3.41. The summed E-state index contributed by atoms with van der Waals surface area (Å²) in [4.78, 5) is 11.6. The number of ether oxygens (including phenoxy) is 1. The lowest BCUT2D eigenvalue weighted by atomic mass is 10.1. The highest BCUT2D eigenvalue weighted by atomic mass is 16.5. The molecule has 1 heterocycles. The number of alkyl carbamates (subject to hydrolysis) is 1. The van der Waals surface area contributed by atoms with Gasteiger partial charge in [-0.1, -0.05) is 42.2 Å². The Morgan fingerprint density at radius 1 is 1.21 bits per heavy atom. The third kappa shape index (κ3) is 4.37. The largest absolute Gasteiger partial charge is 0.445 e. The van der Waals surface area contributed by atoms with Gasteiger partial charge in [0, 0.05) is 23.9 Å². The lowest BCUT2D eigenvalue weighted by Gasteiger charge is -2.05. The van der Waals surface area contributed by atoms with Crippen molar-refractivity contribution in [3.8, 4) is 11.8 Å². The first kappa shape index (κ1) is 15.6. The molecule has 1 amide bonds. The molecule has 0 radical (unpaired) electrons. The molecule has 3 rings (SSSR count). The van der Waals surface area contributed by atoms with Crippen molar-refractivity contribution in [3.63, 3.8) is 0 Å². The second-order valence-electron chi connectivity index (χ2n) is 5.21. The average molecular weight is 319 g/mol. The van der Waals surface area contributed by atoms with Crippen molar-refractivity contribution in [1.29, 1.82) is 0 Å². The summed E-state index contributed by atoms with van der Waals surface area (Å²) < 4.78 is 5.12. The number of fused-ring (bicyclic) bond motifs is 1. The van der Waals surface area contributed by atoms with Crippen molar-refractivity contribution in [3.05, 3.63) is 65.9 Å². The molecule has 5 heteroatoms. The minimum absolute atomic E-state index is 0.267. The van der Waals surface area contributed by atoms with Crippen molar-refractivity contribution in [2.75, 3.05) is 6.54 Å². The number of nitrogens with one attached hydrogen (secondary N) is 2. The lowest BCUT2D eigenvalue weighted by Crippen LogP contribution is -2.24. The van der Waals surface area contributed by atoms with Crippen LogP contribution in [-0.4, -0.2) is 22.8 Å². The Labute approximate surface area is 140 Å². The van der Waals surface area contributed by atoms with E-state index in [0.29, 0.717) is 13.0 Å². The van der Waals surface area contributed by atoms with Crippen molar-refractivity contribution in [2.24, 2.45) is 0 Å². The zero-order chi connectivity index (χ0) is 16.6. The zero-order valence-electron chi connectivity index (χ0n) is 13.1. The first-order valence-corrected chi connectivity index (χ1v) is 7.68. The molecule has 0 saturated carbocycles. The normalized spacial score (nSPS) is 10.0. The molecule has 0 aliphatic rings. The highest BCUT2D eigenvalue weighted by Gasteiger charge is 2.00. The van der Waals surface area contributed by atoms with Crippen LogP contribution in [0.1, 0.15) is 17.5 Å². The lowest BCUT2D eigenvalue weighted by molar-refractivity contribution is 0.140. The van der Waals surface area contributed by atoms with E-state index in [4.69, 9.17) is 4.74 Å². The van der Waals surface area contributed by atoms with Crippen molar-refractivity contribution in [1.82, 2.24) is 15.5 Å². The SMILES string of the molecule is O=C(NCCC#Cc1ccc2[nH]ncc2c1)OCc1ccccc1. The number of aromatic amines is 1. The number of hydrogen-bond acceptors (Lipinski definition) is 3. The highest BCUT2D eigenvalue weighted by molar-refractivity contribution is 5.79. The van der Waals surface area contributed by atoms with E-state index in [1.165, 1.54) is 0 Å². The second-order valence-corrected chi connectivity index (χ2v) is 5.21. The summed E-state index contributed by atoms with van der Waals surface area (Å²) >= 11 is 0. The average Bonchev–Trinajstić information content (AvgIpc) is 3.08. The second kappa shape index (κ2) is 7.84. The predicted octanol–water partition coefficient (Wildman–Crippen LogP) is 3.23. The molecular weight excluding hydrogens is 302 g/mol. The van der Waals surface area contributed by atoms with E-state index in [1.807, 2.05) is 48.5 Å². The van der Waals surface area contributed by atoms with Crippen LogP contribution in [0.4, 0.5) is 4.79 Å². The van der Waals surface area contributed by atoms with E-state index < -0.39 is 6.09 Å². The van der Waals surface area contributed by atoms with Crippen LogP contribution in [0.3, 0.4) is 0 Å². The number of H-pyrrole nitrogens is 1. The van der Waals surface area contributed by atoms with Gasteiger partial charge in [0.2, 0.25) is 0 Å². The van der Waals surface area contributed by atoms with Crippen LogP contribution < -0.4 is 5.32 Å². The number of nitrogens with zero attached hydrogens (tertiary/aromatic N) is 1. The van der Waals surface area contributed by atoms with Crippen LogP contribution in [0.2, 0.25) is 0 Å². The number of benzene rings is 2. The van der Waals surface area contributed by atoms with Gasteiger partial charge < -0.3 is 10.1 Å². The molecule has 3 aromatic rings. The molecule has 2 N–H and O–H groups in total. The summed E-state index contributed by atoms with van der Waals surface area (Å²) in [6, 6.07) is 15.4. The van der Waals surface area contributed by atoms with E-state index in [9.17, 15) is 4.79 Å². The summed E-state index contributed by atoms with van der Waals surface area (Å²) in [6.45, 7) is 0.720. The molecule has 2 aromatic carbocycles. The first-order chi connectivity index (χ1) is 11.8. The number of carbonyl (C=O) groups excluding carboxylic acids is 1. The Morgan fingerprint density at radius 3 is 2.96 bits per heavy atom. The quantitative estimate of drug-likeness (QED) is 0.573. The Bertz CT molecular complexity index is 876. The van der Waals surface area contributed by atoms with E-state index in [1.54, 1.807) is 6.20 Å². The van der Waals surface area contributed by atoms with Crippen LogP contribution in [0, 0.1) is 11.8 Å². The molecule has 0 saturated heterocycles. The number of amides is 1. The fourth-order valence-corrected chi connectivity index (χ4v) is 2.19. The summed E-state index contributed by atoms with van der Waals surface area (Å²) in [5, 5.41) is 10.6. The topological polar surface area (TPSA) is 67.0 Å². The van der Waals surface area contributed by atoms with Gasteiger partial charge in [0.15, 0.2) is 0 Å². The molecule has 24 heavy (non-hydrogen) atoms. The molecule has 0 aliphatic carbocycles. The fraction of sp³-hybridized carbons (Fsp3) is 0.158. The zero-order valence-corrected chi connectivity index (χ0v) is 13.1. The third-order valence-electron chi connectivity index (χ3n) is 3.41. The number of carbonyl (C=O) groups is 1. The van der Waals surface area contributed by atoms with E-state index in [0.717, 1.165) is 22.0 Å². The minimum atomic E-state index is -0.430. The van der Waals surface area contributed by atoms with Gasteiger partial charge in [-0.2, -0.15) is 5.10 Å². The molecule has 120 valence electrons. The van der Waals surface area contributed by atoms with Gasteiger partial charge in [-0.15, -0.1) is 0 Å². The van der Waals surface area contributed by atoms with Crippen LogP contribution in [-0.2, 0) is 11.3 Å². The van der Waals surface area contributed by atoms with Gasteiger partial charge in [-0.05, 0) is 23.8 Å². The molecule has 1 aromatic heterocycles. The monoisotopic (exact) mass is 319 g/mol. The standard InChI is InChI=1S/C19H17N3O2/c23-19(24-14-16-7-2-1-3-8-16)20-11-5-4-6-15-9-10-18-17(12-15)13-21-22-18/h1-3,7-10,12-13H,5,11,14H2,(H,20,23)(H,21,22). The molecule has 0 atom stereocenters. The van der Waals surface area contributed by atoms with Crippen LogP contribution in [0.5, 0.6) is 0 Å². The van der Waals surface area contributed by atoms with Crippen molar-refractivity contribution in [2.45, 2.75) is 13.0 Å². The Hall–Kier alpha value is -3.26. The molecule has 0 unspecified atom stereocenters. The summed E-state index contributed by atoms with van der Waals surface area (Å²) in [6.07, 6.45) is 1.90. The highest BCUT2D eigenvalue weighted by Crippen LogP contribution is 2.11. The van der Waals surface area contributed by atoms with Gasteiger partial charge in [0.1, 0.15) is 6.61 Å². The molecular formula is C19H17N3O2. The number of rotatable bonds is 4. The Balaban J connectivity index is 1.39. The van der Waals surface area contributed by atoms with Gasteiger partial charge in [0.25, 0.3) is 0 Å². The van der Waals surface area contributed by atoms with Crippen LogP contribution >= 0.6 is 0 Å². The molecule has 0 bridgehead atoms. The van der Waals surface area contributed by atoms with Crippen LogP contribution in [0.15, 0.2) is 54.7 Å². The first-order valence-electron chi connectivity index (χ1n) is 7.68. The van der Waals surface area contributed by atoms with E-state index in [-0.39, 0.29) is 6.61 Å². The maximum atomic E-state index is 11.6. The van der Waals surface area contributed by atoms with E-state index >= 15 is 0 Å². The summed E-state index contributed by atoms with van der Waals surface area (Å²) in [7, 11) is 0. The summed E-state index contributed by atoms with van der Waals surface area (Å²) in [5.74, 6) is 6.11. The maximum absolute atomic E-state index is 11.6. The number of hydrogen-bond donors (Lipinski definition) is 2. The van der Waals surface area contributed by atoms with Crippen molar-refractivity contribution < 1.29 is 9.53 Å². The molecule has 0 spiro atoms. The van der Waals surface area contributed by atoms with E-state index in [2.05, 4.69) is 27.4 Å². The van der Waals surface area contributed by atoms with Crippen LogP contribution in [0.25, 0.3) is 10.9 Å². The van der Waals surface area contributed by atoms with Gasteiger partial charge in [-0.25, -0.2) is 4.79 Å². The van der Waals surface area contributed by atoms with Gasteiger partial charge in [0.05, 0.1) is 11.7 Å². The van der Waals surface area contributed by atoms with Crippen molar-refractivity contribution >= 4 is 17.0 Å². The molecule has 0 fully saturated rings. The Kier molecular flexibility index (Phi) is 5.10. The Morgan fingerprint density at radius 2 is 2.08 bits per heavy atom. The predicted molar refractivity (Wildman–Crippen MR) is 92.2 cm³/mol. The number of aromatic nitrogens is 2. The molecule has 0 aliphatic heterocycles. The van der Waals surface area contributed by atoms with Gasteiger partial charge in [-0.3, -0.25) is 5.10 Å². The fourth-order valence-electron chi connectivity index (χ4n) is 2.19. The minimum Gasteiger partial charge on any atom is -0.445 e. The van der Waals surface area contributed by atoms with Gasteiger partial charge >= 0.3 is 6.09 Å². The smallest absolute Gasteiger partial charge is 0.407 e. The summed E-state index contributed by atoms with van der Waals surface area (Å²) in [5.41, 5.74) is 2.88. The molecule has 5 nitrogen and oxygen atoms in total. The maximum Gasteiger partial charge on any atom is 0.407 e.